The van der Waals surface area contributed by atoms with Crippen LogP contribution in [0.5, 0.6) is 5.75 Å². The second-order valence-corrected chi connectivity index (χ2v) is 6.46. The molecule has 4 rings (SSSR count). The number of aryl methyl sites for hydroxylation is 1. The number of fused-ring (bicyclic) bond motifs is 3. The van der Waals surface area contributed by atoms with Crippen LogP contribution in [0.1, 0.15) is 29.0 Å². The lowest BCUT2D eigenvalue weighted by atomic mass is 9.74. The van der Waals surface area contributed by atoms with Crippen LogP contribution in [-0.2, 0) is 5.60 Å². The third kappa shape index (κ3) is 2.22. The lowest BCUT2D eigenvalue weighted by Crippen LogP contribution is -2.47. The topological polar surface area (TPSA) is 12.5 Å². The van der Waals surface area contributed by atoms with Gasteiger partial charge in [-0.1, -0.05) is 48.0 Å². The van der Waals surface area contributed by atoms with Crippen molar-refractivity contribution in [1.29, 1.82) is 0 Å². The smallest absolute Gasteiger partial charge is 0.143 e. The molecule has 0 unspecified atom stereocenters. The van der Waals surface area contributed by atoms with Crippen molar-refractivity contribution in [3.8, 4) is 5.75 Å². The summed E-state index contributed by atoms with van der Waals surface area (Å²) in [5, 5.41) is 0. The van der Waals surface area contributed by atoms with Crippen molar-refractivity contribution in [3.05, 3.63) is 65.2 Å². The summed E-state index contributed by atoms with van der Waals surface area (Å²) in [6, 6.07) is 17.4. The highest BCUT2D eigenvalue weighted by molar-refractivity contribution is 5.85. The molecule has 1 fully saturated rings. The van der Waals surface area contributed by atoms with Crippen LogP contribution < -0.4 is 4.74 Å². The van der Waals surface area contributed by atoms with E-state index in [1.807, 2.05) is 0 Å². The minimum atomic E-state index is -0.177. The molecule has 0 aliphatic carbocycles. The molecule has 2 atom stereocenters. The molecule has 2 aromatic carbocycles. The largest absolute Gasteiger partial charge is 0.482 e. The van der Waals surface area contributed by atoms with E-state index in [4.69, 9.17) is 4.74 Å². The fraction of sp³-hybridized carbons (Fsp3) is 0.368. The molecule has 2 nitrogen and oxygen atoms in total. The highest BCUT2D eigenvalue weighted by Gasteiger charge is 2.51. The number of benzene rings is 2. The Morgan fingerprint density at radius 3 is 2.59 bits per heavy atom. The Kier molecular flexibility index (Phi) is 3.92. The first-order chi connectivity index (χ1) is 10.2. The van der Waals surface area contributed by atoms with Crippen LogP contribution in [0.15, 0.2) is 48.5 Å². The van der Waals surface area contributed by atoms with Gasteiger partial charge in [-0.25, -0.2) is 0 Å². The number of hydrogen-bond donors (Lipinski definition) is 0. The number of piperidine rings is 1. The van der Waals surface area contributed by atoms with Gasteiger partial charge in [-0.2, -0.15) is 0 Å². The van der Waals surface area contributed by atoms with Gasteiger partial charge in [-0.15, -0.1) is 12.4 Å². The zero-order valence-electron chi connectivity index (χ0n) is 13.1. The van der Waals surface area contributed by atoms with Gasteiger partial charge in [0.05, 0.1) is 0 Å². The monoisotopic (exact) mass is 315 g/mol. The molecule has 116 valence electrons. The summed E-state index contributed by atoms with van der Waals surface area (Å²) >= 11 is 0. The fourth-order valence-corrected chi connectivity index (χ4v) is 3.85. The fourth-order valence-electron chi connectivity index (χ4n) is 3.85. The summed E-state index contributed by atoms with van der Waals surface area (Å²) in [7, 11) is 2.21. The van der Waals surface area contributed by atoms with Crippen LogP contribution in [0.3, 0.4) is 0 Å². The van der Waals surface area contributed by atoms with Crippen LogP contribution in [0.25, 0.3) is 0 Å². The van der Waals surface area contributed by atoms with Gasteiger partial charge in [0.2, 0.25) is 0 Å². The molecule has 2 aliphatic heterocycles. The molecule has 0 radical (unpaired) electrons. The maximum atomic E-state index is 6.55. The van der Waals surface area contributed by atoms with Gasteiger partial charge in [0.1, 0.15) is 11.4 Å². The number of likely N-dealkylation sites (N-methyl/N-ethyl adjacent to an activating group) is 1. The van der Waals surface area contributed by atoms with Crippen molar-refractivity contribution in [2.45, 2.75) is 24.9 Å². The average molecular weight is 316 g/mol. The van der Waals surface area contributed by atoms with Gasteiger partial charge in [-0.3, -0.25) is 0 Å². The summed E-state index contributed by atoms with van der Waals surface area (Å²) in [5.74, 6) is 1.49. The molecule has 0 amide bonds. The molecular formula is C19H22ClNO. The average Bonchev–Trinajstić information content (AvgIpc) is 2.83. The van der Waals surface area contributed by atoms with Crippen LogP contribution in [0, 0.1) is 6.92 Å². The Bertz CT molecular complexity index is 669. The van der Waals surface area contributed by atoms with Crippen molar-refractivity contribution in [1.82, 2.24) is 4.90 Å². The lowest BCUT2D eigenvalue weighted by molar-refractivity contribution is 0.00702. The minimum absolute atomic E-state index is 0. The molecular weight excluding hydrogens is 294 g/mol. The molecule has 0 N–H and O–H groups in total. The van der Waals surface area contributed by atoms with E-state index in [0.29, 0.717) is 5.92 Å². The molecule has 3 heteroatoms. The van der Waals surface area contributed by atoms with Crippen molar-refractivity contribution >= 4 is 12.4 Å². The molecule has 22 heavy (non-hydrogen) atoms. The number of nitrogens with zero attached hydrogens (tertiary/aromatic N) is 1. The maximum absolute atomic E-state index is 6.55. The number of rotatable bonds is 1. The van der Waals surface area contributed by atoms with Crippen LogP contribution >= 0.6 is 12.4 Å². The second-order valence-electron chi connectivity index (χ2n) is 6.46. The Hall–Kier alpha value is -1.51. The van der Waals surface area contributed by atoms with Gasteiger partial charge in [0, 0.05) is 31.0 Å². The Balaban J connectivity index is 0.00000144. The molecule has 0 saturated carbocycles. The highest BCUT2D eigenvalue weighted by Crippen LogP contribution is 2.54. The normalized spacial score (nSPS) is 26.5. The number of hydrogen-bond acceptors (Lipinski definition) is 2. The van der Waals surface area contributed by atoms with Crippen LogP contribution in [-0.4, -0.2) is 25.0 Å². The zero-order valence-corrected chi connectivity index (χ0v) is 13.9. The van der Waals surface area contributed by atoms with Crippen LogP contribution in [0.2, 0.25) is 0 Å². The standard InChI is InChI=1S/C19H21NO.ClH/c1-14-7-9-15(10-8-14)19-11-12-20(2)13-17(19)16-5-3-4-6-18(16)21-19;/h3-10,17H,11-13H2,1-2H3;1H/t17-,19+;/m1./s1. The molecule has 1 saturated heterocycles. The molecule has 0 aromatic heterocycles. The molecule has 0 bridgehead atoms. The van der Waals surface area contributed by atoms with E-state index in [-0.39, 0.29) is 18.0 Å². The van der Waals surface area contributed by atoms with Crippen molar-refractivity contribution in [3.63, 3.8) is 0 Å². The predicted octanol–water partition coefficient (Wildman–Crippen LogP) is 4.12. The predicted molar refractivity (Wildman–Crippen MR) is 92.0 cm³/mol. The van der Waals surface area contributed by atoms with Gasteiger partial charge in [0.25, 0.3) is 0 Å². The Morgan fingerprint density at radius 2 is 1.82 bits per heavy atom. The Labute approximate surface area is 138 Å². The molecule has 2 aromatic rings. The van der Waals surface area contributed by atoms with E-state index in [0.717, 1.165) is 25.3 Å². The summed E-state index contributed by atoms with van der Waals surface area (Å²) in [5.41, 5.74) is 3.81. The van der Waals surface area contributed by atoms with Crippen molar-refractivity contribution in [2.24, 2.45) is 0 Å². The first kappa shape index (κ1) is 15.4. The molecule has 0 spiro atoms. The number of para-hydroxylation sites is 1. The number of halogens is 1. The Morgan fingerprint density at radius 1 is 1.09 bits per heavy atom. The van der Waals surface area contributed by atoms with Crippen LogP contribution in [0.4, 0.5) is 0 Å². The third-order valence-corrected chi connectivity index (χ3v) is 5.05. The van der Waals surface area contributed by atoms with Gasteiger partial charge in [-0.05, 0) is 25.6 Å². The highest BCUT2D eigenvalue weighted by atomic mass is 35.5. The first-order valence-corrected chi connectivity index (χ1v) is 7.73. The van der Waals surface area contributed by atoms with E-state index in [1.54, 1.807) is 0 Å². The van der Waals surface area contributed by atoms with Crippen molar-refractivity contribution < 1.29 is 4.74 Å². The van der Waals surface area contributed by atoms with E-state index in [9.17, 15) is 0 Å². The van der Waals surface area contributed by atoms with Gasteiger partial charge < -0.3 is 9.64 Å². The summed E-state index contributed by atoms with van der Waals surface area (Å²) in [6.45, 7) is 4.28. The minimum Gasteiger partial charge on any atom is -0.482 e. The zero-order chi connectivity index (χ0) is 14.4. The summed E-state index contributed by atoms with van der Waals surface area (Å²) in [4.78, 5) is 2.42. The van der Waals surface area contributed by atoms with Gasteiger partial charge >= 0.3 is 0 Å². The quantitative estimate of drug-likeness (QED) is 0.785. The lowest BCUT2D eigenvalue weighted by Gasteiger charge is -2.42. The van der Waals surface area contributed by atoms with E-state index in [1.165, 1.54) is 16.7 Å². The van der Waals surface area contributed by atoms with E-state index in [2.05, 4.69) is 67.4 Å². The molecule has 2 heterocycles. The number of likely N-dealkylation sites (tertiary alicyclic amines) is 1. The molecule has 2 aliphatic rings. The van der Waals surface area contributed by atoms with Gasteiger partial charge in [0.15, 0.2) is 0 Å². The second kappa shape index (κ2) is 5.60. The van der Waals surface area contributed by atoms with E-state index >= 15 is 0 Å². The maximum Gasteiger partial charge on any atom is 0.143 e. The van der Waals surface area contributed by atoms with E-state index < -0.39 is 0 Å². The summed E-state index contributed by atoms with van der Waals surface area (Å²) < 4.78 is 6.55. The SMILES string of the molecule is Cc1ccc([C@@]23CCN(C)C[C@@H]2c2ccccc2O3)cc1.Cl. The third-order valence-electron chi connectivity index (χ3n) is 5.05. The summed E-state index contributed by atoms with van der Waals surface area (Å²) in [6.07, 6.45) is 1.05. The number of ether oxygens (including phenoxy) is 1. The van der Waals surface area contributed by atoms with Crippen molar-refractivity contribution in [2.75, 3.05) is 20.1 Å². The first-order valence-electron chi connectivity index (χ1n) is 7.73.